The third-order valence-electron chi connectivity index (χ3n) is 2.71. The van der Waals surface area contributed by atoms with Crippen molar-refractivity contribution in [2.45, 2.75) is 45.2 Å². The van der Waals surface area contributed by atoms with E-state index in [2.05, 4.69) is 15.6 Å². The number of nitrogens with two attached hydrogens (primary N) is 1. The van der Waals surface area contributed by atoms with Crippen molar-refractivity contribution in [3.63, 3.8) is 0 Å². The van der Waals surface area contributed by atoms with Gasteiger partial charge >= 0.3 is 0 Å². The van der Waals surface area contributed by atoms with E-state index in [0.717, 1.165) is 12.8 Å². The molecule has 6 heteroatoms. The van der Waals surface area contributed by atoms with E-state index in [1.807, 2.05) is 13.8 Å². The van der Waals surface area contributed by atoms with Crippen LogP contribution in [0.3, 0.4) is 0 Å². The van der Waals surface area contributed by atoms with Crippen LogP contribution in [0.5, 0.6) is 0 Å². The molecule has 1 fully saturated rings. The van der Waals surface area contributed by atoms with Crippen LogP contribution in [0.15, 0.2) is 0 Å². The van der Waals surface area contributed by atoms with Crippen LogP contribution in [0.1, 0.15) is 42.8 Å². The van der Waals surface area contributed by atoms with Crippen molar-refractivity contribution in [3.8, 4) is 0 Å². The van der Waals surface area contributed by atoms with Gasteiger partial charge in [0.15, 0.2) is 5.13 Å². The number of carbonyl (C=O) groups excluding carboxylic acids is 1. The Morgan fingerprint density at radius 1 is 1.53 bits per heavy atom. The van der Waals surface area contributed by atoms with Crippen LogP contribution in [-0.4, -0.2) is 23.0 Å². The molecule has 0 radical (unpaired) electrons. The molecule has 0 spiro atoms. The van der Waals surface area contributed by atoms with Gasteiger partial charge in [-0.3, -0.25) is 4.79 Å². The lowest BCUT2D eigenvalue weighted by Crippen LogP contribution is -2.39. The molecule has 1 heterocycles. The summed E-state index contributed by atoms with van der Waals surface area (Å²) in [6, 6.07) is 0.605. The molecule has 4 N–H and O–H groups in total. The number of hydrogen-bond donors (Lipinski definition) is 3. The average molecular weight is 254 g/mol. The molecule has 94 valence electrons. The maximum atomic E-state index is 11.9. The first kappa shape index (κ1) is 12.2. The predicted octanol–water partition coefficient (Wildman–Crippen LogP) is 1.83. The van der Waals surface area contributed by atoms with Crippen LogP contribution in [0.2, 0.25) is 0 Å². The van der Waals surface area contributed by atoms with Gasteiger partial charge in [-0.05, 0) is 33.1 Å². The number of hydrogen-bond acceptors (Lipinski definition) is 5. The molecular formula is C11H18N4OS. The van der Waals surface area contributed by atoms with E-state index in [0.29, 0.717) is 21.9 Å². The zero-order chi connectivity index (χ0) is 12.4. The van der Waals surface area contributed by atoms with E-state index >= 15 is 0 Å². The molecule has 1 aliphatic rings. The lowest BCUT2D eigenvalue weighted by Gasteiger charge is -2.25. The summed E-state index contributed by atoms with van der Waals surface area (Å²) >= 11 is 1.31. The van der Waals surface area contributed by atoms with Gasteiger partial charge < -0.3 is 16.4 Å². The highest BCUT2D eigenvalue weighted by atomic mass is 32.1. The summed E-state index contributed by atoms with van der Waals surface area (Å²) in [5.41, 5.74) is 5.75. The van der Waals surface area contributed by atoms with Crippen LogP contribution < -0.4 is 16.4 Å². The number of nitrogens with zero attached hydrogens (tertiary/aromatic N) is 1. The normalized spacial score (nSPS) is 15.7. The van der Waals surface area contributed by atoms with Gasteiger partial charge in [0, 0.05) is 12.1 Å². The molecule has 1 aromatic heterocycles. The second kappa shape index (κ2) is 4.91. The van der Waals surface area contributed by atoms with Crippen molar-refractivity contribution < 1.29 is 4.79 Å². The van der Waals surface area contributed by atoms with Crippen LogP contribution in [0, 0.1) is 0 Å². The zero-order valence-electron chi connectivity index (χ0n) is 10.1. The molecule has 5 nitrogen and oxygen atoms in total. The summed E-state index contributed by atoms with van der Waals surface area (Å²) in [4.78, 5) is 16.6. The summed E-state index contributed by atoms with van der Waals surface area (Å²) in [6.07, 6.45) is 3.34. The highest BCUT2D eigenvalue weighted by molar-refractivity contribution is 7.18. The summed E-state index contributed by atoms with van der Waals surface area (Å²) in [5, 5.41) is 6.82. The number of anilines is 2. The number of carbonyl (C=O) groups is 1. The fourth-order valence-corrected chi connectivity index (χ4v) is 2.54. The summed E-state index contributed by atoms with van der Waals surface area (Å²) in [6.45, 7) is 4.04. The van der Waals surface area contributed by atoms with E-state index in [1.165, 1.54) is 17.8 Å². The molecule has 17 heavy (non-hydrogen) atoms. The van der Waals surface area contributed by atoms with Crippen LogP contribution in [0.25, 0.3) is 0 Å². The van der Waals surface area contributed by atoms with Gasteiger partial charge in [0.25, 0.3) is 5.91 Å². The van der Waals surface area contributed by atoms with Crippen molar-refractivity contribution in [2.24, 2.45) is 0 Å². The zero-order valence-corrected chi connectivity index (χ0v) is 10.9. The van der Waals surface area contributed by atoms with Gasteiger partial charge in [-0.25, -0.2) is 4.98 Å². The molecule has 2 rings (SSSR count). The van der Waals surface area contributed by atoms with Gasteiger partial charge in [-0.1, -0.05) is 11.3 Å². The minimum Gasteiger partial charge on any atom is -0.382 e. The van der Waals surface area contributed by atoms with Crippen LogP contribution >= 0.6 is 11.3 Å². The summed E-state index contributed by atoms with van der Waals surface area (Å²) < 4.78 is 0. The molecule has 1 aromatic rings. The maximum Gasteiger partial charge on any atom is 0.265 e. The van der Waals surface area contributed by atoms with E-state index in [4.69, 9.17) is 5.73 Å². The van der Waals surface area contributed by atoms with E-state index in [1.54, 1.807) is 0 Å². The van der Waals surface area contributed by atoms with Gasteiger partial charge in [0.1, 0.15) is 10.7 Å². The predicted molar refractivity (Wildman–Crippen MR) is 70.4 cm³/mol. The number of aromatic nitrogens is 1. The van der Waals surface area contributed by atoms with Gasteiger partial charge in [0.2, 0.25) is 0 Å². The first-order valence-corrected chi connectivity index (χ1v) is 6.71. The van der Waals surface area contributed by atoms with Crippen molar-refractivity contribution >= 4 is 28.2 Å². The highest BCUT2D eigenvalue weighted by Gasteiger charge is 2.23. The monoisotopic (exact) mass is 254 g/mol. The minimum atomic E-state index is -0.0958. The Bertz CT molecular complexity index is 412. The Morgan fingerprint density at radius 3 is 2.76 bits per heavy atom. The lowest BCUT2D eigenvalue weighted by molar-refractivity contribution is 0.0922. The lowest BCUT2D eigenvalue weighted by atomic mass is 9.93. The Morgan fingerprint density at radius 2 is 2.24 bits per heavy atom. The fourth-order valence-electron chi connectivity index (χ4n) is 1.61. The number of nitrogen functional groups attached to an aromatic ring is 1. The topological polar surface area (TPSA) is 80.0 Å². The number of amides is 1. The molecule has 0 unspecified atom stereocenters. The SMILES string of the molecule is CC(C)Nc1nc(N)c(C(=O)NC2CCC2)s1. The molecule has 1 amide bonds. The van der Waals surface area contributed by atoms with E-state index in [-0.39, 0.29) is 11.9 Å². The minimum absolute atomic E-state index is 0.0958. The largest absolute Gasteiger partial charge is 0.382 e. The molecule has 0 aliphatic heterocycles. The third kappa shape index (κ3) is 2.88. The van der Waals surface area contributed by atoms with E-state index in [9.17, 15) is 4.79 Å². The quantitative estimate of drug-likeness (QED) is 0.765. The number of rotatable bonds is 4. The van der Waals surface area contributed by atoms with Gasteiger partial charge in [-0.2, -0.15) is 0 Å². The number of nitrogens with one attached hydrogen (secondary N) is 2. The average Bonchev–Trinajstić information content (AvgIpc) is 2.51. The summed E-state index contributed by atoms with van der Waals surface area (Å²) in [7, 11) is 0. The molecule has 0 saturated heterocycles. The molecular weight excluding hydrogens is 236 g/mol. The maximum absolute atomic E-state index is 11.9. The van der Waals surface area contributed by atoms with Crippen molar-refractivity contribution in [3.05, 3.63) is 4.88 Å². The second-order valence-electron chi connectivity index (χ2n) is 4.63. The first-order chi connectivity index (χ1) is 8.06. The van der Waals surface area contributed by atoms with Gasteiger partial charge in [0.05, 0.1) is 0 Å². The van der Waals surface area contributed by atoms with Crippen LogP contribution in [-0.2, 0) is 0 Å². The summed E-state index contributed by atoms with van der Waals surface area (Å²) in [5.74, 6) is 0.219. The Balaban J connectivity index is 2.03. The third-order valence-corrected chi connectivity index (χ3v) is 3.71. The van der Waals surface area contributed by atoms with Crippen molar-refractivity contribution in [1.82, 2.24) is 10.3 Å². The molecule has 1 aliphatic carbocycles. The Labute approximate surface area is 105 Å². The van der Waals surface area contributed by atoms with E-state index < -0.39 is 0 Å². The van der Waals surface area contributed by atoms with Gasteiger partial charge in [-0.15, -0.1) is 0 Å². The first-order valence-electron chi connectivity index (χ1n) is 5.90. The fraction of sp³-hybridized carbons (Fsp3) is 0.636. The highest BCUT2D eigenvalue weighted by Crippen LogP contribution is 2.26. The van der Waals surface area contributed by atoms with Crippen molar-refractivity contribution in [2.75, 3.05) is 11.1 Å². The molecule has 0 aromatic carbocycles. The molecule has 1 saturated carbocycles. The molecule has 0 atom stereocenters. The standard InChI is InChI=1S/C11H18N4OS/c1-6(2)13-11-15-9(12)8(17-11)10(16)14-7-4-3-5-7/h6-7H,3-5,12H2,1-2H3,(H,13,15)(H,14,16). The smallest absolute Gasteiger partial charge is 0.265 e. The van der Waals surface area contributed by atoms with Crippen LogP contribution in [0.4, 0.5) is 10.9 Å². The van der Waals surface area contributed by atoms with Crippen molar-refractivity contribution in [1.29, 1.82) is 0 Å². The Hall–Kier alpha value is -1.30. The number of thiazole rings is 1. The molecule has 0 bridgehead atoms. The Kier molecular flexibility index (Phi) is 3.51. The second-order valence-corrected chi connectivity index (χ2v) is 5.63.